The third kappa shape index (κ3) is 3.33. The summed E-state index contributed by atoms with van der Waals surface area (Å²) in [6.45, 7) is 0.164. The van der Waals surface area contributed by atoms with Crippen molar-refractivity contribution < 1.29 is 18.0 Å². The molecule has 0 spiro atoms. The van der Waals surface area contributed by atoms with E-state index in [2.05, 4.69) is 10.3 Å². The van der Waals surface area contributed by atoms with Gasteiger partial charge in [-0.2, -0.15) is 0 Å². The molecule has 2 aromatic carbocycles. The van der Waals surface area contributed by atoms with Crippen molar-refractivity contribution in [2.45, 2.75) is 13.1 Å². The van der Waals surface area contributed by atoms with E-state index in [4.69, 9.17) is 0 Å². The van der Waals surface area contributed by atoms with E-state index in [1.807, 2.05) is 0 Å². The Morgan fingerprint density at radius 2 is 1.78 bits per heavy atom. The van der Waals surface area contributed by atoms with Crippen molar-refractivity contribution in [3.05, 3.63) is 65.7 Å². The van der Waals surface area contributed by atoms with Gasteiger partial charge in [-0.15, -0.1) is 0 Å². The molecule has 0 atom stereocenters. The van der Waals surface area contributed by atoms with Gasteiger partial charge in [-0.1, -0.05) is 12.1 Å². The van der Waals surface area contributed by atoms with Crippen molar-refractivity contribution in [1.29, 1.82) is 0 Å². The molecule has 1 heterocycles. The van der Waals surface area contributed by atoms with E-state index in [1.54, 1.807) is 12.1 Å². The number of rotatable bonds is 4. The van der Waals surface area contributed by atoms with Crippen molar-refractivity contribution >= 4 is 16.9 Å². The SMILES string of the molecule is O=C(Cn1cnc2cc(F)c(F)cc21)NCc1ccc(F)cc1. The molecule has 23 heavy (non-hydrogen) atoms. The lowest BCUT2D eigenvalue weighted by molar-refractivity contribution is -0.121. The highest BCUT2D eigenvalue weighted by molar-refractivity contribution is 5.80. The van der Waals surface area contributed by atoms with Gasteiger partial charge >= 0.3 is 0 Å². The van der Waals surface area contributed by atoms with Crippen LogP contribution in [0, 0.1) is 17.5 Å². The van der Waals surface area contributed by atoms with Crippen LogP contribution in [-0.4, -0.2) is 15.5 Å². The summed E-state index contributed by atoms with van der Waals surface area (Å²) in [7, 11) is 0. The summed E-state index contributed by atoms with van der Waals surface area (Å²) in [6, 6.07) is 7.74. The number of fused-ring (bicyclic) bond motifs is 1. The van der Waals surface area contributed by atoms with Gasteiger partial charge in [0.1, 0.15) is 12.4 Å². The molecule has 0 unspecified atom stereocenters. The molecule has 0 saturated heterocycles. The monoisotopic (exact) mass is 319 g/mol. The van der Waals surface area contributed by atoms with Crippen molar-refractivity contribution in [2.24, 2.45) is 0 Å². The van der Waals surface area contributed by atoms with Gasteiger partial charge in [-0.25, -0.2) is 18.2 Å². The number of aromatic nitrogens is 2. The fourth-order valence-electron chi connectivity index (χ4n) is 2.19. The highest BCUT2D eigenvalue weighted by atomic mass is 19.2. The fourth-order valence-corrected chi connectivity index (χ4v) is 2.19. The number of amides is 1. The van der Waals surface area contributed by atoms with Crippen LogP contribution in [0.5, 0.6) is 0 Å². The molecule has 118 valence electrons. The Labute approximate surface area is 129 Å². The summed E-state index contributed by atoms with van der Waals surface area (Å²) in [4.78, 5) is 15.9. The third-order valence-corrected chi connectivity index (χ3v) is 3.38. The van der Waals surface area contributed by atoms with Gasteiger partial charge in [0, 0.05) is 18.7 Å². The predicted octanol–water partition coefficient (Wildman–Crippen LogP) is 2.77. The molecule has 0 aliphatic carbocycles. The Kier molecular flexibility index (Phi) is 4.01. The maximum Gasteiger partial charge on any atom is 0.240 e. The number of carbonyl (C=O) groups excluding carboxylic acids is 1. The summed E-state index contributed by atoms with van der Waals surface area (Å²) in [6.07, 6.45) is 1.35. The van der Waals surface area contributed by atoms with Gasteiger partial charge in [0.25, 0.3) is 0 Å². The Morgan fingerprint density at radius 3 is 2.52 bits per heavy atom. The van der Waals surface area contributed by atoms with Crippen LogP contribution in [0.1, 0.15) is 5.56 Å². The molecule has 0 aliphatic heterocycles. The molecule has 1 N–H and O–H groups in total. The van der Waals surface area contributed by atoms with Crippen LogP contribution >= 0.6 is 0 Å². The molecule has 3 aromatic rings. The molecular weight excluding hydrogens is 307 g/mol. The molecule has 0 radical (unpaired) electrons. The van der Waals surface area contributed by atoms with E-state index in [-0.39, 0.29) is 30.3 Å². The van der Waals surface area contributed by atoms with Crippen molar-refractivity contribution in [3.63, 3.8) is 0 Å². The molecule has 4 nitrogen and oxygen atoms in total. The first-order valence-corrected chi connectivity index (χ1v) is 6.84. The Balaban J connectivity index is 1.68. The van der Waals surface area contributed by atoms with Gasteiger partial charge in [0.05, 0.1) is 17.4 Å². The van der Waals surface area contributed by atoms with E-state index < -0.39 is 11.6 Å². The zero-order valence-corrected chi connectivity index (χ0v) is 11.9. The van der Waals surface area contributed by atoms with E-state index >= 15 is 0 Å². The van der Waals surface area contributed by atoms with E-state index in [0.717, 1.165) is 17.7 Å². The molecular formula is C16H12F3N3O. The highest BCUT2D eigenvalue weighted by Crippen LogP contribution is 2.17. The van der Waals surface area contributed by atoms with Crippen LogP contribution in [0.15, 0.2) is 42.7 Å². The number of hydrogen-bond donors (Lipinski definition) is 1. The number of nitrogens with one attached hydrogen (secondary N) is 1. The predicted molar refractivity (Wildman–Crippen MR) is 77.9 cm³/mol. The molecule has 3 rings (SSSR count). The normalized spacial score (nSPS) is 10.9. The Bertz CT molecular complexity index is 859. The molecule has 1 amide bonds. The zero-order chi connectivity index (χ0) is 16.4. The van der Waals surface area contributed by atoms with Gasteiger partial charge in [-0.05, 0) is 17.7 Å². The lowest BCUT2D eigenvalue weighted by Crippen LogP contribution is -2.26. The largest absolute Gasteiger partial charge is 0.350 e. The van der Waals surface area contributed by atoms with Crippen LogP contribution in [-0.2, 0) is 17.9 Å². The second-order valence-electron chi connectivity index (χ2n) is 5.03. The average Bonchev–Trinajstić information content (AvgIpc) is 2.89. The lowest BCUT2D eigenvalue weighted by Gasteiger charge is -2.07. The van der Waals surface area contributed by atoms with Crippen molar-refractivity contribution in [2.75, 3.05) is 0 Å². The van der Waals surface area contributed by atoms with Crippen LogP contribution in [0.4, 0.5) is 13.2 Å². The van der Waals surface area contributed by atoms with E-state index in [0.29, 0.717) is 5.52 Å². The summed E-state index contributed by atoms with van der Waals surface area (Å²) < 4.78 is 40.6. The van der Waals surface area contributed by atoms with Gasteiger partial charge in [-0.3, -0.25) is 4.79 Å². The first-order valence-electron chi connectivity index (χ1n) is 6.84. The molecule has 0 fully saturated rings. The van der Waals surface area contributed by atoms with Crippen LogP contribution < -0.4 is 5.32 Å². The molecule has 7 heteroatoms. The topological polar surface area (TPSA) is 46.9 Å². The van der Waals surface area contributed by atoms with E-state index in [9.17, 15) is 18.0 Å². The quantitative estimate of drug-likeness (QED) is 0.804. The van der Waals surface area contributed by atoms with Crippen LogP contribution in [0.3, 0.4) is 0 Å². The summed E-state index contributed by atoms with van der Waals surface area (Å²) >= 11 is 0. The fraction of sp³-hybridized carbons (Fsp3) is 0.125. The maximum absolute atomic E-state index is 13.3. The van der Waals surface area contributed by atoms with Gasteiger partial charge in [0.2, 0.25) is 5.91 Å². The Morgan fingerprint density at radius 1 is 1.09 bits per heavy atom. The molecule has 0 bridgehead atoms. The van der Waals surface area contributed by atoms with Crippen molar-refractivity contribution in [3.8, 4) is 0 Å². The number of imidazole rings is 1. The molecule has 1 aromatic heterocycles. The standard InChI is InChI=1S/C16H12F3N3O/c17-11-3-1-10(2-4-11)7-20-16(23)8-22-9-21-14-5-12(18)13(19)6-15(14)22/h1-6,9H,7-8H2,(H,20,23). The number of nitrogens with zero attached hydrogens (tertiary/aromatic N) is 2. The van der Waals surface area contributed by atoms with Gasteiger partial charge < -0.3 is 9.88 Å². The zero-order valence-electron chi connectivity index (χ0n) is 11.9. The minimum Gasteiger partial charge on any atom is -0.350 e. The highest BCUT2D eigenvalue weighted by Gasteiger charge is 2.11. The summed E-state index contributed by atoms with van der Waals surface area (Å²) in [5.41, 5.74) is 1.36. The molecule has 0 aliphatic rings. The number of halogens is 3. The summed E-state index contributed by atoms with van der Waals surface area (Å²) in [5, 5.41) is 2.67. The second kappa shape index (κ2) is 6.12. The molecule has 0 saturated carbocycles. The van der Waals surface area contributed by atoms with Crippen molar-refractivity contribution in [1.82, 2.24) is 14.9 Å². The average molecular weight is 319 g/mol. The van der Waals surface area contributed by atoms with Crippen LogP contribution in [0.2, 0.25) is 0 Å². The second-order valence-corrected chi connectivity index (χ2v) is 5.03. The number of hydrogen-bond acceptors (Lipinski definition) is 2. The first-order chi connectivity index (χ1) is 11.0. The number of benzene rings is 2. The number of carbonyl (C=O) groups is 1. The van der Waals surface area contributed by atoms with Crippen LogP contribution in [0.25, 0.3) is 11.0 Å². The van der Waals surface area contributed by atoms with Gasteiger partial charge in [0.15, 0.2) is 11.6 Å². The third-order valence-electron chi connectivity index (χ3n) is 3.38. The smallest absolute Gasteiger partial charge is 0.240 e. The maximum atomic E-state index is 13.3. The Hall–Kier alpha value is -2.83. The lowest BCUT2D eigenvalue weighted by atomic mass is 10.2. The summed E-state index contributed by atoms with van der Waals surface area (Å²) in [5.74, 6) is -2.65. The minimum absolute atomic E-state index is 0.0806. The van der Waals surface area contributed by atoms with E-state index in [1.165, 1.54) is 23.0 Å². The minimum atomic E-state index is -0.994. The first kappa shape index (κ1) is 15.1.